The van der Waals surface area contributed by atoms with Gasteiger partial charge in [0.15, 0.2) is 11.6 Å². The lowest BCUT2D eigenvalue weighted by molar-refractivity contribution is 0.955. The Morgan fingerprint density at radius 2 is 0.875 bits per heavy atom. The molecule has 0 aliphatic rings. The summed E-state index contributed by atoms with van der Waals surface area (Å²) in [6.07, 6.45) is 0. The summed E-state index contributed by atoms with van der Waals surface area (Å²) in [6, 6.07) is 70.3. The van der Waals surface area contributed by atoms with Crippen molar-refractivity contribution in [1.82, 2.24) is 24.1 Å². The van der Waals surface area contributed by atoms with Crippen LogP contribution in [0.15, 0.2) is 200 Å². The molecule has 11 rings (SSSR count). The van der Waals surface area contributed by atoms with Gasteiger partial charge in [-0.3, -0.25) is 4.57 Å². The number of rotatable bonds is 6. The number of fused-ring (bicyclic) bond motifs is 7. The van der Waals surface area contributed by atoms with E-state index in [1.807, 2.05) is 24.3 Å². The molecule has 0 aliphatic carbocycles. The first-order valence-electron chi connectivity index (χ1n) is 18.9. The van der Waals surface area contributed by atoms with Gasteiger partial charge in [0.25, 0.3) is 0 Å². The van der Waals surface area contributed by atoms with E-state index in [-0.39, 0.29) is 0 Å². The normalized spacial score (nSPS) is 11.6. The van der Waals surface area contributed by atoms with Crippen LogP contribution in [0.1, 0.15) is 0 Å². The van der Waals surface area contributed by atoms with Crippen molar-refractivity contribution in [1.29, 1.82) is 0 Å². The van der Waals surface area contributed by atoms with E-state index in [1.165, 1.54) is 11.1 Å². The van der Waals surface area contributed by atoms with E-state index in [2.05, 4.69) is 185 Å². The van der Waals surface area contributed by atoms with Gasteiger partial charge < -0.3 is 4.57 Å². The highest BCUT2D eigenvalue weighted by atomic mass is 15.2. The monoisotopic (exact) mass is 715 g/mol. The number of aromatic nitrogens is 5. The van der Waals surface area contributed by atoms with Gasteiger partial charge >= 0.3 is 0 Å². The number of hydrogen-bond acceptors (Lipinski definition) is 3. The van der Waals surface area contributed by atoms with Crippen molar-refractivity contribution in [2.45, 2.75) is 0 Å². The third-order valence-corrected chi connectivity index (χ3v) is 10.8. The minimum Gasteiger partial charge on any atom is -0.309 e. The standard InChI is InChI=1S/C51H33N5/c1-4-17-34(18-5-1)37-23-16-24-38(33-37)50-52-49(36-21-8-3-9-22-36)53-51(54-50)56-44-29-14-11-26-40(44)41-31-32-46-47(48(41)56)42-27-12-15-30-45(42)55(46)43-28-13-10-25-39(43)35-19-6-2-7-20-35/h1-33H. The highest BCUT2D eigenvalue weighted by Crippen LogP contribution is 2.43. The van der Waals surface area contributed by atoms with Crippen LogP contribution in [0.5, 0.6) is 0 Å². The van der Waals surface area contributed by atoms with Crippen LogP contribution in [-0.4, -0.2) is 24.1 Å². The summed E-state index contributed by atoms with van der Waals surface area (Å²) in [5.41, 5.74) is 11.9. The lowest BCUT2D eigenvalue weighted by Gasteiger charge is -2.14. The van der Waals surface area contributed by atoms with Crippen molar-refractivity contribution >= 4 is 43.6 Å². The Morgan fingerprint density at radius 1 is 0.321 bits per heavy atom. The molecule has 0 atom stereocenters. The van der Waals surface area contributed by atoms with Crippen molar-refractivity contribution in [3.63, 3.8) is 0 Å². The Morgan fingerprint density at radius 3 is 1.62 bits per heavy atom. The third-order valence-electron chi connectivity index (χ3n) is 10.8. The molecule has 56 heavy (non-hydrogen) atoms. The van der Waals surface area contributed by atoms with Gasteiger partial charge in [0.05, 0.1) is 27.8 Å². The molecule has 262 valence electrons. The maximum atomic E-state index is 5.35. The fourth-order valence-electron chi connectivity index (χ4n) is 8.28. The van der Waals surface area contributed by atoms with E-state index in [4.69, 9.17) is 15.0 Å². The molecule has 11 aromatic rings. The average Bonchev–Trinajstić information content (AvgIpc) is 3.80. The summed E-state index contributed by atoms with van der Waals surface area (Å²) >= 11 is 0. The summed E-state index contributed by atoms with van der Waals surface area (Å²) in [7, 11) is 0. The van der Waals surface area contributed by atoms with Crippen LogP contribution >= 0.6 is 0 Å². The van der Waals surface area contributed by atoms with Gasteiger partial charge in [0.2, 0.25) is 5.95 Å². The van der Waals surface area contributed by atoms with Gasteiger partial charge in [-0.05, 0) is 47.0 Å². The molecule has 5 nitrogen and oxygen atoms in total. The van der Waals surface area contributed by atoms with E-state index in [1.54, 1.807) is 0 Å². The molecule has 0 spiro atoms. The van der Waals surface area contributed by atoms with Gasteiger partial charge in [-0.15, -0.1) is 0 Å². The lowest BCUT2D eigenvalue weighted by Crippen LogP contribution is -2.06. The summed E-state index contributed by atoms with van der Waals surface area (Å²) in [6.45, 7) is 0. The zero-order valence-corrected chi connectivity index (χ0v) is 30.3. The van der Waals surface area contributed by atoms with Gasteiger partial charge in [0, 0.05) is 38.2 Å². The summed E-state index contributed by atoms with van der Waals surface area (Å²) in [4.78, 5) is 15.8. The second kappa shape index (κ2) is 13.0. The number of hydrogen-bond donors (Lipinski definition) is 0. The third kappa shape index (κ3) is 5.13. The molecule has 0 saturated carbocycles. The van der Waals surface area contributed by atoms with Gasteiger partial charge in [0.1, 0.15) is 0 Å². The van der Waals surface area contributed by atoms with E-state index < -0.39 is 0 Å². The maximum absolute atomic E-state index is 5.35. The fourth-order valence-corrected chi connectivity index (χ4v) is 8.28. The van der Waals surface area contributed by atoms with Crippen LogP contribution < -0.4 is 0 Å². The molecule has 0 aliphatic heterocycles. The number of para-hydroxylation sites is 3. The van der Waals surface area contributed by atoms with Gasteiger partial charge in [-0.1, -0.05) is 170 Å². The number of nitrogens with zero attached hydrogens (tertiary/aromatic N) is 5. The molecule has 0 bridgehead atoms. The van der Waals surface area contributed by atoms with Crippen molar-refractivity contribution in [3.8, 4) is 56.7 Å². The Kier molecular flexibility index (Phi) is 7.42. The maximum Gasteiger partial charge on any atom is 0.238 e. The number of benzene rings is 8. The van der Waals surface area contributed by atoms with E-state index in [9.17, 15) is 0 Å². The molecule has 0 N–H and O–H groups in total. The van der Waals surface area contributed by atoms with E-state index >= 15 is 0 Å². The minimum atomic E-state index is 0.569. The second-order valence-corrected chi connectivity index (χ2v) is 14.0. The van der Waals surface area contributed by atoms with Gasteiger partial charge in [-0.25, -0.2) is 4.98 Å². The predicted octanol–water partition coefficient (Wildman–Crippen LogP) is 12.7. The van der Waals surface area contributed by atoms with Crippen LogP contribution in [0.2, 0.25) is 0 Å². The zero-order chi connectivity index (χ0) is 37.0. The molecule has 8 aromatic carbocycles. The molecule has 0 amide bonds. The first-order valence-corrected chi connectivity index (χ1v) is 18.9. The molecular weight excluding hydrogens is 683 g/mol. The Bertz CT molecular complexity index is 3240. The Hall–Kier alpha value is -7.63. The first kappa shape index (κ1) is 31.9. The zero-order valence-electron chi connectivity index (χ0n) is 30.3. The molecule has 3 heterocycles. The van der Waals surface area contributed by atoms with Crippen molar-refractivity contribution < 1.29 is 0 Å². The molecule has 3 aromatic heterocycles. The summed E-state index contributed by atoms with van der Waals surface area (Å²) in [5, 5.41) is 4.58. The molecule has 0 fully saturated rings. The summed E-state index contributed by atoms with van der Waals surface area (Å²) < 4.78 is 4.67. The molecule has 0 radical (unpaired) electrons. The van der Waals surface area contributed by atoms with Crippen molar-refractivity contribution in [2.75, 3.05) is 0 Å². The SMILES string of the molecule is c1ccc(-c2cccc(-c3nc(-c4ccccc4)nc(-n4c5ccccc5c5ccc6c(c7ccccc7n6-c6ccccc6-c6ccccc6)c54)n3)c2)cc1. The quantitative estimate of drug-likeness (QED) is 0.172. The van der Waals surface area contributed by atoms with Crippen LogP contribution in [-0.2, 0) is 0 Å². The Labute approximate surface area is 323 Å². The Balaban J connectivity index is 1.24. The van der Waals surface area contributed by atoms with Crippen LogP contribution in [0.25, 0.3) is 100 Å². The van der Waals surface area contributed by atoms with E-state index in [0.717, 1.165) is 71.6 Å². The molecule has 0 unspecified atom stereocenters. The van der Waals surface area contributed by atoms with Crippen LogP contribution in [0.4, 0.5) is 0 Å². The highest BCUT2D eigenvalue weighted by molar-refractivity contribution is 6.26. The molecular formula is C51H33N5. The van der Waals surface area contributed by atoms with Crippen molar-refractivity contribution in [3.05, 3.63) is 200 Å². The molecule has 5 heteroatoms. The topological polar surface area (TPSA) is 48.5 Å². The highest BCUT2D eigenvalue weighted by Gasteiger charge is 2.24. The minimum absolute atomic E-state index is 0.569. The predicted molar refractivity (Wildman–Crippen MR) is 230 cm³/mol. The first-order chi connectivity index (χ1) is 27.8. The van der Waals surface area contributed by atoms with Crippen LogP contribution in [0, 0.1) is 0 Å². The van der Waals surface area contributed by atoms with Crippen LogP contribution in [0.3, 0.4) is 0 Å². The summed E-state index contributed by atoms with van der Waals surface area (Å²) in [5.74, 6) is 1.80. The van der Waals surface area contributed by atoms with E-state index in [0.29, 0.717) is 17.6 Å². The fraction of sp³-hybridized carbons (Fsp3) is 0. The average molecular weight is 716 g/mol. The molecule has 0 saturated heterocycles. The van der Waals surface area contributed by atoms with Crippen molar-refractivity contribution in [2.24, 2.45) is 0 Å². The second-order valence-electron chi connectivity index (χ2n) is 14.0. The van der Waals surface area contributed by atoms with Gasteiger partial charge in [-0.2, -0.15) is 9.97 Å². The largest absolute Gasteiger partial charge is 0.309 e. The lowest BCUT2D eigenvalue weighted by atomic mass is 10.0. The smallest absolute Gasteiger partial charge is 0.238 e.